The van der Waals surface area contributed by atoms with Crippen LogP contribution in [0.25, 0.3) is 0 Å². The highest BCUT2D eigenvalue weighted by Crippen LogP contribution is 2.22. The Morgan fingerprint density at radius 1 is 1.14 bits per heavy atom. The number of rotatable bonds is 11. The van der Waals surface area contributed by atoms with E-state index in [1.165, 1.54) is 5.56 Å². The van der Waals surface area contributed by atoms with Crippen molar-refractivity contribution in [3.8, 4) is 5.75 Å². The summed E-state index contributed by atoms with van der Waals surface area (Å²) in [4.78, 5) is 0. The van der Waals surface area contributed by atoms with Crippen LogP contribution >= 0.6 is 0 Å². The molecule has 0 amide bonds. The molecule has 0 radical (unpaired) electrons. The van der Waals surface area contributed by atoms with E-state index in [1.807, 2.05) is 12.1 Å². The quantitative estimate of drug-likeness (QED) is 0.632. The van der Waals surface area contributed by atoms with Crippen LogP contribution in [0.4, 0.5) is 0 Å². The van der Waals surface area contributed by atoms with Crippen molar-refractivity contribution in [3.05, 3.63) is 29.8 Å². The Bertz CT molecular complexity index is 379. The smallest absolute Gasteiger partial charge is 0.122 e. The highest BCUT2D eigenvalue weighted by molar-refractivity contribution is 5.33. The third-order valence-electron chi connectivity index (χ3n) is 3.53. The van der Waals surface area contributed by atoms with E-state index in [9.17, 15) is 0 Å². The minimum Gasteiger partial charge on any atom is -0.496 e. The minimum atomic E-state index is 0.515. The second-order valence-electron chi connectivity index (χ2n) is 5.85. The predicted octanol–water partition coefficient (Wildman–Crippen LogP) is 3.67. The van der Waals surface area contributed by atoms with Gasteiger partial charge in [-0.2, -0.15) is 0 Å². The van der Waals surface area contributed by atoms with E-state index >= 15 is 0 Å². The van der Waals surface area contributed by atoms with E-state index in [0.717, 1.165) is 44.8 Å². The highest BCUT2D eigenvalue weighted by atomic mass is 16.5. The molecule has 1 rings (SSSR count). The van der Waals surface area contributed by atoms with Crippen LogP contribution in [0.1, 0.15) is 39.2 Å². The normalized spacial score (nSPS) is 12.6. The minimum absolute atomic E-state index is 0.515. The Kier molecular flexibility index (Phi) is 9.11. The Balaban J connectivity index is 2.57. The van der Waals surface area contributed by atoms with Crippen molar-refractivity contribution < 1.29 is 9.47 Å². The summed E-state index contributed by atoms with van der Waals surface area (Å²) in [6, 6.07) is 8.82. The molecule has 21 heavy (non-hydrogen) atoms. The molecule has 1 atom stereocenters. The first-order valence-electron chi connectivity index (χ1n) is 8.10. The van der Waals surface area contributed by atoms with Gasteiger partial charge in [0, 0.05) is 19.3 Å². The summed E-state index contributed by atoms with van der Waals surface area (Å²) in [6.45, 7) is 9.24. The predicted molar refractivity (Wildman–Crippen MR) is 89.1 cm³/mol. The SMILES string of the molecule is CCCOCCC(CNC(C)C)Cc1ccccc1OC. The molecule has 1 aromatic carbocycles. The summed E-state index contributed by atoms with van der Waals surface area (Å²) < 4.78 is 11.1. The maximum atomic E-state index is 5.66. The summed E-state index contributed by atoms with van der Waals surface area (Å²) in [5.41, 5.74) is 1.28. The molecule has 3 heteroatoms. The van der Waals surface area contributed by atoms with Crippen LogP contribution in [-0.4, -0.2) is 32.9 Å². The number of para-hydroxylation sites is 1. The Labute approximate surface area is 130 Å². The van der Waals surface area contributed by atoms with Gasteiger partial charge >= 0.3 is 0 Å². The van der Waals surface area contributed by atoms with Gasteiger partial charge in [-0.05, 0) is 43.4 Å². The van der Waals surface area contributed by atoms with Gasteiger partial charge in [-0.25, -0.2) is 0 Å². The van der Waals surface area contributed by atoms with Crippen molar-refractivity contribution in [3.63, 3.8) is 0 Å². The molecular formula is C18H31NO2. The summed E-state index contributed by atoms with van der Waals surface area (Å²) in [5, 5.41) is 3.55. The van der Waals surface area contributed by atoms with Gasteiger partial charge < -0.3 is 14.8 Å². The molecule has 1 aromatic rings. The first-order chi connectivity index (χ1) is 10.2. The average Bonchev–Trinajstić information content (AvgIpc) is 2.49. The molecule has 0 heterocycles. The molecule has 0 aliphatic heterocycles. The van der Waals surface area contributed by atoms with Crippen molar-refractivity contribution in [2.45, 2.75) is 46.1 Å². The van der Waals surface area contributed by atoms with E-state index in [1.54, 1.807) is 7.11 Å². The molecule has 0 aromatic heterocycles. The first-order valence-corrected chi connectivity index (χ1v) is 8.10. The fourth-order valence-electron chi connectivity index (χ4n) is 2.36. The molecular weight excluding hydrogens is 262 g/mol. The molecule has 0 saturated carbocycles. The van der Waals surface area contributed by atoms with Crippen molar-refractivity contribution in [1.29, 1.82) is 0 Å². The fraction of sp³-hybridized carbons (Fsp3) is 0.667. The molecule has 120 valence electrons. The zero-order valence-corrected chi connectivity index (χ0v) is 14.0. The van der Waals surface area contributed by atoms with Gasteiger partial charge in [0.25, 0.3) is 0 Å². The van der Waals surface area contributed by atoms with Crippen LogP contribution in [0.3, 0.4) is 0 Å². The fourth-order valence-corrected chi connectivity index (χ4v) is 2.36. The lowest BCUT2D eigenvalue weighted by molar-refractivity contribution is 0.119. The largest absolute Gasteiger partial charge is 0.496 e. The van der Waals surface area contributed by atoms with Crippen LogP contribution in [0.15, 0.2) is 24.3 Å². The van der Waals surface area contributed by atoms with Crippen LogP contribution < -0.4 is 10.1 Å². The van der Waals surface area contributed by atoms with E-state index in [0.29, 0.717) is 12.0 Å². The third kappa shape index (κ3) is 7.49. The molecule has 3 nitrogen and oxygen atoms in total. The van der Waals surface area contributed by atoms with Crippen molar-refractivity contribution in [2.24, 2.45) is 5.92 Å². The molecule has 0 aliphatic carbocycles. The van der Waals surface area contributed by atoms with E-state index in [4.69, 9.17) is 9.47 Å². The maximum absolute atomic E-state index is 5.66. The van der Waals surface area contributed by atoms with Gasteiger partial charge in [-0.15, -0.1) is 0 Å². The van der Waals surface area contributed by atoms with Crippen molar-refractivity contribution in [1.82, 2.24) is 5.32 Å². The van der Waals surface area contributed by atoms with Gasteiger partial charge in [0.1, 0.15) is 5.75 Å². The topological polar surface area (TPSA) is 30.5 Å². The number of ether oxygens (including phenoxy) is 2. The Morgan fingerprint density at radius 2 is 1.90 bits per heavy atom. The summed E-state index contributed by atoms with van der Waals surface area (Å²) in [7, 11) is 1.74. The standard InChI is InChI=1S/C18H31NO2/c1-5-11-21-12-10-16(14-19-15(2)3)13-17-8-6-7-9-18(17)20-4/h6-9,15-16,19H,5,10-14H2,1-4H3. The van der Waals surface area contributed by atoms with Crippen LogP contribution in [0.5, 0.6) is 5.75 Å². The van der Waals surface area contributed by atoms with Gasteiger partial charge in [-0.1, -0.05) is 39.0 Å². The molecule has 0 aliphatic rings. The van der Waals surface area contributed by atoms with E-state index in [-0.39, 0.29) is 0 Å². The monoisotopic (exact) mass is 293 g/mol. The molecule has 1 N–H and O–H groups in total. The summed E-state index contributed by atoms with van der Waals surface area (Å²) >= 11 is 0. The molecule has 0 spiro atoms. The first kappa shape index (κ1) is 18.0. The summed E-state index contributed by atoms with van der Waals surface area (Å²) in [6.07, 6.45) is 3.19. The zero-order chi connectivity index (χ0) is 15.5. The molecule has 0 bridgehead atoms. The summed E-state index contributed by atoms with van der Waals surface area (Å²) in [5.74, 6) is 1.56. The number of hydrogen-bond donors (Lipinski definition) is 1. The lowest BCUT2D eigenvalue weighted by atomic mass is 9.95. The molecule has 0 saturated heterocycles. The van der Waals surface area contributed by atoms with Crippen molar-refractivity contribution >= 4 is 0 Å². The lowest BCUT2D eigenvalue weighted by Gasteiger charge is -2.20. The number of nitrogens with one attached hydrogen (secondary N) is 1. The van der Waals surface area contributed by atoms with Crippen LogP contribution in [0, 0.1) is 5.92 Å². The van der Waals surface area contributed by atoms with E-state index < -0.39 is 0 Å². The second-order valence-corrected chi connectivity index (χ2v) is 5.85. The van der Waals surface area contributed by atoms with Gasteiger partial charge in [0.15, 0.2) is 0 Å². The second kappa shape index (κ2) is 10.6. The van der Waals surface area contributed by atoms with Crippen molar-refractivity contribution in [2.75, 3.05) is 26.9 Å². The number of methoxy groups -OCH3 is 1. The Hall–Kier alpha value is -1.06. The highest BCUT2D eigenvalue weighted by Gasteiger charge is 2.13. The van der Waals surface area contributed by atoms with Gasteiger partial charge in [0.2, 0.25) is 0 Å². The molecule has 0 fully saturated rings. The zero-order valence-electron chi connectivity index (χ0n) is 14.0. The average molecular weight is 293 g/mol. The third-order valence-corrected chi connectivity index (χ3v) is 3.53. The number of benzene rings is 1. The lowest BCUT2D eigenvalue weighted by Crippen LogP contribution is -2.30. The van der Waals surface area contributed by atoms with Crippen LogP contribution in [-0.2, 0) is 11.2 Å². The van der Waals surface area contributed by atoms with E-state index in [2.05, 4.69) is 38.2 Å². The van der Waals surface area contributed by atoms with Gasteiger partial charge in [-0.3, -0.25) is 0 Å². The number of hydrogen-bond acceptors (Lipinski definition) is 3. The maximum Gasteiger partial charge on any atom is 0.122 e. The van der Waals surface area contributed by atoms with Crippen LogP contribution in [0.2, 0.25) is 0 Å². The van der Waals surface area contributed by atoms with Gasteiger partial charge in [0.05, 0.1) is 7.11 Å². The Morgan fingerprint density at radius 3 is 2.57 bits per heavy atom. The molecule has 1 unspecified atom stereocenters.